The van der Waals surface area contributed by atoms with Gasteiger partial charge in [-0.2, -0.15) is 5.10 Å². The van der Waals surface area contributed by atoms with E-state index >= 15 is 0 Å². The lowest BCUT2D eigenvalue weighted by Gasteiger charge is -2.16. The van der Waals surface area contributed by atoms with Gasteiger partial charge in [0.15, 0.2) is 0 Å². The summed E-state index contributed by atoms with van der Waals surface area (Å²) in [6, 6.07) is 9.56. The average Bonchev–Trinajstić information content (AvgIpc) is 2.55. The Morgan fingerprint density at radius 1 is 1.25 bits per heavy atom. The number of para-hydroxylation sites is 1. The summed E-state index contributed by atoms with van der Waals surface area (Å²) in [6.07, 6.45) is 0. The van der Waals surface area contributed by atoms with Gasteiger partial charge in [-0.15, -0.1) is 0 Å². The Morgan fingerprint density at radius 2 is 1.88 bits per heavy atom. The fourth-order valence-corrected chi connectivity index (χ4v) is 2.10. The highest BCUT2D eigenvalue weighted by atomic mass is 16.2. The second kappa shape index (κ2) is 4.08. The Morgan fingerprint density at radius 3 is 2.38 bits per heavy atom. The zero-order chi connectivity index (χ0) is 11.7. The third kappa shape index (κ3) is 1.73. The smallest absolute Gasteiger partial charge is 0.256 e. The molecule has 0 N–H and O–H groups in total. The van der Waals surface area contributed by atoms with Crippen molar-refractivity contribution in [2.75, 3.05) is 5.01 Å². The first-order valence-electron chi connectivity index (χ1n) is 5.55. The number of benzene rings is 1. The molecular formula is C13H16N2O. The van der Waals surface area contributed by atoms with Gasteiger partial charge in [-0.1, -0.05) is 32.0 Å². The van der Waals surface area contributed by atoms with E-state index in [0.717, 1.165) is 11.4 Å². The molecule has 16 heavy (non-hydrogen) atoms. The number of hydrazone groups is 1. The molecule has 1 unspecified atom stereocenters. The number of anilines is 1. The first-order valence-corrected chi connectivity index (χ1v) is 5.55. The number of nitrogens with zero attached hydrogens (tertiary/aromatic N) is 2. The van der Waals surface area contributed by atoms with E-state index in [0.29, 0.717) is 5.92 Å². The zero-order valence-corrected chi connectivity index (χ0v) is 9.84. The van der Waals surface area contributed by atoms with Crippen LogP contribution in [0.5, 0.6) is 0 Å². The van der Waals surface area contributed by atoms with Gasteiger partial charge in [0.05, 0.1) is 11.6 Å². The van der Waals surface area contributed by atoms with E-state index in [4.69, 9.17) is 0 Å². The van der Waals surface area contributed by atoms with E-state index in [-0.39, 0.29) is 11.8 Å². The molecule has 1 aromatic carbocycles. The number of rotatable bonds is 2. The molecule has 2 rings (SSSR count). The van der Waals surface area contributed by atoms with Gasteiger partial charge in [-0.25, -0.2) is 5.01 Å². The number of hydrogen-bond acceptors (Lipinski definition) is 2. The molecule has 1 atom stereocenters. The molecule has 3 nitrogen and oxygen atoms in total. The van der Waals surface area contributed by atoms with Gasteiger partial charge in [-0.3, -0.25) is 4.79 Å². The molecule has 0 aromatic heterocycles. The Hall–Kier alpha value is -1.64. The van der Waals surface area contributed by atoms with Gasteiger partial charge in [0.25, 0.3) is 5.91 Å². The van der Waals surface area contributed by atoms with Crippen LogP contribution in [-0.2, 0) is 4.79 Å². The molecule has 0 saturated carbocycles. The van der Waals surface area contributed by atoms with E-state index < -0.39 is 0 Å². The molecule has 1 amide bonds. The monoisotopic (exact) mass is 216 g/mol. The summed E-state index contributed by atoms with van der Waals surface area (Å²) in [5.74, 6) is 0.309. The molecule has 1 aromatic rings. The number of amides is 1. The van der Waals surface area contributed by atoms with Gasteiger partial charge < -0.3 is 0 Å². The lowest BCUT2D eigenvalue weighted by Crippen LogP contribution is -2.30. The van der Waals surface area contributed by atoms with Crippen LogP contribution in [0.15, 0.2) is 35.4 Å². The van der Waals surface area contributed by atoms with E-state index in [1.807, 2.05) is 37.3 Å². The Bertz CT molecular complexity index is 423. The molecule has 0 saturated heterocycles. The highest BCUT2D eigenvalue weighted by molar-refractivity contribution is 6.14. The third-order valence-electron chi connectivity index (χ3n) is 2.85. The van der Waals surface area contributed by atoms with Gasteiger partial charge in [0.1, 0.15) is 0 Å². The molecule has 1 aliphatic heterocycles. The van der Waals surface area contributed by atoms with Gasteiger partial charge >= 0.3 is 0 Å². The Balaban J connectivity index is 2.31. The van der Waals surface area contributed by atoms with Crippen molar-refractivity contribution < 1.29 is 4.79 Å². The topological polar surface area (TPSA) is 32.7 Å². The number of hydrogen-bond donors (Lipinski definition) is 0. The van der Waals surface area contributed by atoms with Crippen LogP contribution in [0.2, 0.25) is 0 Å². The van der Waals surface area contributed by atoms with E-state index in [9.17, 15) is 4.79 Å². The van der Waals surface area contributed by atoms with Gasteiger partial charge in [0.2, 0.25) is 0 Å². The maximum Gasteiger partial charge on any atom is 0.256 e. The van der Waals surface area contributed by atoms with Gasteiger partial charge in [0, 0.05) is 5.71 Å². The van der Waals surface area contributed by atoms with Crippen LogP contribution < -0.4 is 5.01 Å². The van der Waals surface area contributed by atoms with Crippen molar-refractivity contribution in [2.45, 2.75) is 20.8 Å². The van der Waals surface area contributed by atoms with E-state index in [1.165, 1.54) is 5.01 Å². The summed E-state index contributed by atoms with van der Waals surface area (Å²) in [6.45, 7) is 6.03. The molecule has 0 bridgehead atoms. The molecule has 0 aliphatic carbocycles. The second-order valence-corrected chi connectivity index (χ2v) is 4.45. The molecule has 0 fully saturated rings. The lowest BCUT2D eigenvalue weighted by atomic mass is 9.92. The maximum atomic E-state index is 12.2. The molecule has 1 heterocycles. The largest absolute Gasteiger partial charge is 0.272 e. The van der Waals surface area contributed by atoms with Crippen molar-refractivity contribution in [2.24, 2.45) is 16.9 Å². The summed E-state index contributed by atoms with van der Waals surface area (Å²) in [5, 5.41) is 5.86. The molecule has 84 valence electrons. The summed E-state index contributed by atoms with van der Waals surface area (Å²) in [5.41, 5.74) is 1.75. The molecule has 0 radical (unpaired) electrons. The normalized spacial score (nSPS) is 20.5. The van der Waals surface area contributed by atoms with Crippen LogP contribution in [0.4, 0.5) is 5.69 Å². The predicted octanol–water partition coefficient (Wildman–Crippen LogP) is 2.68. The number of carbonyl (C=O) groups excluding carboxylic acids is 1. The SMILES string of the molecule is CC1=NN(c2ccccc2)C(=O)C1C(C)C. The lowest BCUT2D eigenvalue weighted by molar-refractivity contribution is -0.120. The fourth-order valence-electron chi connectivity index (χ4n) is 2.10. The van der Waals surface area contributed by atoms with Crippen LogP contribution in [0.3, 0.4) is 0 Å². The second-order valence-electron chi connectivity index (χ2n) is 4.45. The highest BCUT2D eigenvalue weighted by Crippen LogP contribution is 2.27. The van der Waals surface area contributed by atoms with Crippen molar-refractivity contribution in [1.82, 2.24) is 0 Å². The number of carbonyl (C=O) groups is 1. The average molecular weight is 216 g/mol. The summed E-state index contributed by atoms with van der Waals surface area (Å²) in [7, 11) is 0. The van der Waals surface area contributed by atoms with Crippen molar-refractivity contribution in [3.05, 3.63) is 30.3 Å². The maximum absolute atomic E-state index is 12.2. The predicted molar refractivity (Wildman–Crippen MR) is 65.4 cm³/mol. The minimum absolute atomic E-state index is 0.0693. The first-order chi connectivity index (χ1) is 7.61. The summed E-state index contributed by atoms with van der Waals surface area (Å²) in [4.78, 5) is 12.2. The van der Waals surface area contributed by atoms with Crippen molar-refractivity contribution >= 4 is 17.3 Å². The molecular weight excluding hydrogens is 200 g/mol. The minimum Gasteiger partial charge on any atom is -0.272 e. The van der Waals surface area contributed by atoms with Crippen LogP contribution in [0.1, 0.15) is 20.8 Å². The zero-order valence-electron chi connectivity index (χ0n) is 9.84. The van der Waals surface area contributed by atoms with E-state index in [1.54, 1.807) is 0 Å². The fraction of sp³-hybridized carbons (Fsp3) is 0.385. The summed E-state index contributed by atoms with van der Waals surface area (Å²) >= 11 is 0. The van der Waals surface area contributed by atoms with E-state index in [2.05, 4.69) is 18.9 Å². The van der Waals surface area contributed by atoms with Crippen molar-refractivity contribution in [3.8, 4) is 0 Å². The third-order valence-corrected chi connectivity index (χ3v) is 2.85. The first kappa shape index (κ1) is 10.9. The van der Waals surface area contributed by atoms with Gasteiger partial charge in [-0.05, 0) is 25.0 Å². The van der Waals surface area contributed by atoms with Crippen molar-refractivity contribution in [1.29, 1.82) is 0 Å². The molecule has 1 aliphatic rings. The Labute approximate surface area is 95.8 Å². The molecule has 3 heteroatoms. The highest BCUT2D eigenvalue weighted by Gasteiger charge is 2.36. The van der Waals surface area contributed by atoms with Crippen LogP contribution in [-0.4, -0.2) is 11.6 Å². The quantitative estimate of drug-likeness (QED) is 0.748. The minimum atomic E-state index is -0.0693. The molecule has 0 spiro atoms. The van der Waals surface area contributed by atoms with Crippen molar-refractivity contribution in [3.63, 3.8) is 0 Å². The Kier molecular flexibility index (Phi) is 2.77. The van der Waals surface area contributed by atoms with Crippen LogP contribution >= 0.6 is 0 Å². The van der Waals surface area contributed by atoms with Crippen LogP contribution in [0, 0.1) is 11.8 Å². The summed E-state index contributed by atoms with van der Waals surface area (Å²) < 4.78 is 0. The van der Waals surface area contributed by atoms with Crippen LogP contribution in [0.25, 0.3) is 0 Å². The standard InChI is InChI=1S/C13H16N2O/c1-9(2)12-10(3)14-15(13(12)16)11-7-5-4-6-8-11/h4-9,12H,1-3H3.